The number of ether oxygens (including phenoxy) is 1. The summed E-state index contributed by atoms with van der Waals surface area (Å²) in [5, 5.41) is 7.15. The number of rotatable bonds is 5. The van der Waals surface area contributed by atoms with Crippen molar-refractivity contribution in [3.63, 3.8) is 0 Å². The van der Waals surface area contributed by atoms with E-state index in [1.165, 1.54) is 0 Å². The first-order valence-corrected chi connectivity index (χ1v) is 9.52. The fourth-order valence-corrected chi connectivity index (χ4v) is 3.56. The predicted molar refractivity (Wildman–Crippen MR) is 110 cm³/mol. The van der Waals surface area contributed by atoms with Gasteiger partial charge in [0.2, 0.25) is 0 Å². The summed E-state index contributed by atoms with van der Waals surface area (Å²) in [6, 6.07) is 19.6. The average molecular weight is 376 g/mol. The fraction of sp³-hybridized carbons (Fsp3) is 0.273. The first-order chi connectivity index (χ1) is 13.7. The molecule has 1 aliphatic rings. The van der Waals surface area contributed by atoms with E-state index in [9.17, 15) is 4.79 Å². The average Bonchev–Trinajstić information content (AvgIpc) is 3.23. The molecule has 28 heavy (non-hydrogen) atoms. The van der Waals surface area contributed by atoms with E-state index >= 15 is 0 Å². The van der Waals surface area contributed by atoms with E-state index in [0.717, 1.165) is 35.8 Å². The van der Waals surface area contributed by atoms with E-state index in [1.54, 1.807) is 18.0 Å². The number of hydrogen-bond donors (Lipinski definition) is 1. The van der Waals surface area contributed by atoms with Crippen molar-refractivity contribution in [1.29, 1.82) is 0 Å². The van der Waals surface area contributed by atoms with E-state index in [4.69, 9.17) is 4.74 Å². The van der Waals surface area contributed by atoms with Crippen LogP contribution in [0.2, 0.25) is 0 Å². The number of amides is 1. The van der Waals surface area contributed by atoms with Crippen LogP contribution in [0.4, 0.5) is 5.69 Å². The first-order valence-electron chi connectivity index (χ1n) is 9.52. The topological polar surface area (TPSA) is 61.5 Å². The Kier molecular flexibility index (Phi) is 5.02. The van der Waals surface area contributed by atoms with Crippen LogP contribution in [0.5, 0.6) is 5.75 Å². The van der Waals surface area contributed by atoms with Gasteiger partial charge in [-0.3, -0.25) is 9.89 Å². The lowest BCUT2D eigenvalue weighted by Crippen LogP contribution is -2.46. The lowest BCUT2D eigenvalue weighted by molar-refractivity contribution is 0.0704. The third kappa shape index (κ3) is 3.58. The normalized spacial score (nSPS) is 15.6. The summed E-state index contributed by atoms with van der Waals surface area (Å²) in [7, 11) is 1.80. The van der Waals surface area contributed by atoms with Crippen LogP contribution >= 0.6 is 0 Å². The van der Waals surface area contributed by atoms with Crippen LogP contribution < -0.4 is 9.64 Å². The van der Waals surface area contributed by atoms with E-state index < -0.39 is 0 Å². The summed E-state index contributed by atoms with van der Waals surface area (Å²) in [6.07, 6.45) is -0.0830. The van der Waals surface area contributed by atoms with E-state index in [2.05, 4.69) is 28.1 Å². The molecule has 2 heterocycles. The monoisotopic (exact) mass is 376 g/mol. The Hall–Kier alpha value is -3.28. The van der Waals surface area contributed by atoms with Crippen LogP contribution in [0.3, 0.4) is 0 Å². The van der Waals surface area contributed by atoms with Crippen molar-refractivity contribution in [1.82, 2.24) is 15.1 Å². The second-order valence-corrected chi connectivity index (χ2v) is 6.96. The summed E-state index contributed by atoms with van der Waals surface area (Å²) in [6.45, 7) is 4.28. The number of benzene rings is 2. The second-order valence-electron chi connectivity index (χ2n) is 6.96. The molecule has 0 radical (unpaired) electrons. The van der Waals surface area contributed by atoms with Crippen LogP contribution in [-0.4, -0.2) is 53.8 Å². The molecular weight excluding hydrogens is 352 g/mol. The summed E-state index contributed by atoms with van der Waals surface area (Å²) < 4.78 is 6.13. The van der Waals surface area contributed by atoms with Crippen molar-refractivity contribution in [2.75, 3.05) is 31.6 Å². The Labute approximate surface area is 164 Å². The minimum absolute atomic E-state index is 0.0830. The Morgan fingerprint density at radius 1 is 1.21 bits per heavy atom. The van der Waals surface area contributed by atoms with Crippen LogP contribution in [0.15, 0.2) is 60.7 Å². The molecule has 6 heteroatoms. The zero-order valence-electron chi connectivity index (χ0n) is 16.1. The molecular formula is C22H24N4O2. The highest BCUT2D eigenvalue weighted by Crippen LogP contribution is 2.33. The molecule has 1 N–H and O–H groups in total. The molecule has 0 spiro atoms. The molecule has 0 bridgehead atoms. The Bertz CT molecular complexity index is 954. The number of aromatic nitrogens is 2. The lowest BCUT2D eigenvalue weighted by Gasteiger charge is -2.37. The predicted octanol–water partition coefficient (Wildman–Crippen LogP) is 3.44. The van der Waals surface area contributed by atoms with E-state index in [0.29, 0.717) is 12.2 Å². The van der Waals surface area contributed by atoms with E-state index in [-0.39, 0.29) is 12.0 Å². The number of likely N-dealkylation sites (N-methyl/N-ethyl adjacent to an activating group) is 2. The highest BCUT2D eigenvalue weighted by atomic mass is 16.5. The van der Waals surface area contributed by atoms with Gasteiger partial charge in [0.15, 0.2) is 0 Å². The van der Waals surface area contributed by atoms with Crippen molar-refractivity contribution in [3.05, 3.63) is 66.4 Å². The highest BCUT2D eigenvalue weighted by Gasteiger charge is 2.27. The molecule has 0 fully saturated rings. The maximum Gasteiger partial charge on any atom is 0.271 e. The number of carbonyl (C=O) groups is 1. The quantitative estimate of drug-likeness (QED) is 0.741. The first kappa shape index (κ1) is 18.1. The van der Waals surface area contributed by atoms with Gasteiger partial charge in [0.25, 0.3) is 5.91 Å². The molecule has 0 saturated heterocycles. The molecule has 0 unspecified atom stereocenters. The number of H-pyrrole nitrogens is 1. The van der Waals surface area contributed by atoms with Gasteiger partial charge in [-0.2, -0.15) is 5.10 Å². The summed E-state index contributed by atoms with van der Waals surface area (Å²) >= 11 is 0. The van der Waals surface area contributed by atoms with Gasteiger partial charge in [0.05, 0.1) is 24.5 Å². The molecule has 0 aliphatic carbocycles. The molecule has 0 saturated carbocycles. The number of carbonyl (C=O) groups excluding carboxylic acids is 1. The van der Waals surface area contributed by atoms with Gasteiger partial charge < -0.3 is 14.5 Å². The Balaban J connectivity index is 1.45. The van der Waals surface area contributed by atoms with Gasteiger partial charge in [0, 0.05) is 19.2 Å². The van der Waals surface area contributed by atoms with Crippen LogP contribution in [0.25, 0.3) is 11.3 Å². The summed E-state index contributed by atoms with van der Waals surface area (Å²) in [4.78, 5) is 16.8. The van der Waals surface area contributed by atoms with Crippen molar-refractivity contribution in [2.45, 2.75) is 13.0 Å². The third-order valence-electron chi connectivity index (χ3n) is 5.01. The van der Waals surface area contributed by atoms with Crippen molar-refractivity contribution in [2.24, 2.45) is 0 Å². The molecule has 1 amide bonds. The molecule has 6 nitrogen and oxygen atoms in total. The number of nitrogens with zero attached hydrogens (tertiary/aromatic N) is 3. The SMILES string of the molecule is CCN1C[C@H](CN(C)C(=O)c2cc(-c3ccccc3)n[nH]2)Oc2ccccc21. The summed E-state index contributed by atoms with van der Waals surface area (Å²) in [5.74, 6) is 0.773. The number of aromatic amines is 1. The van der Waals surface area contributed by atoms with Crippen molar-refractivity contribution in [3.8, 4) is 17.0 Å². The smallest absolute Gasteiger partial charge is 0.271 e. The van der Waals surface area contributed by atoms with Crippen molar-refractivity contribution < 1.29 is 9.53 Å². The molecule has 3 aromatic rings. The van der Waals surface area contributed by atoms with Crippen LogP contribution in [0, 0.1) is 0 Å². The number of nitrogens with one attached hydrogen (secondary N) is 1. The largest absolute Gasteiger partial charge is 0.485 e. The number of anilines is 1. The fourth-order valence-electron chi connectivity index (χ4n) is 3.56. The highest BCUT2D eigenvalue weighted by molar-refractivity contribution is 5.93. The minimum Gasteiger partial charge on any atom is -0.485 e. The molecule has 4 rings (SSSR count). The van der Waals surface area contributed by atoms with Crippen LogP contribution in [-0.2, 0) is 0 Å². The molecule has 1 aliphatic heterocycles. The number of hydrogen-bond acceptors (Lipinski definition) is 4. The van der Waals surface area contributed by atoms with Gasteiger partial charge in [-0.15, -0.1) is 0 Å². The van der Waals surface area contributed by atoms with Crippen LogP contribution in [0.1, 0.15) is 17.4 Å². The van der Waals surface area contributed by atoms with Gasteiger partial charge in [-0.05, 0) is 25.1 Å². The van der Waals surface area contributed by atoms with Gasteiger partial charge >= 0.3 is 0 Å². The van der Waals surface area contributed by atoms with Gasteiger partial charge in [-0.1, -0.05) is 42.5 Å². The zero-order chi connectivity index (χ0) is 19.5. The maximum absolute atomic E-state index is 12.8. The number of fused-ring (bicyclic) bond motifs is 1. The number of para-hydroxylation sites is 2. The molecule has 1 atom stereocenters. The third-order valence-corrected chi connectivity index (χ3v) is 5.01. The second kappa shape index (κ2) is 7.76. The van der Waals surface area contributed by atoms with Crippen molar-refractivity contribution >= 4 is 11.6 Å². The maximum atomic E-state index is 12.8. The summed E-state index contributed by atoms with van der Waals surface area (Å²) in [5.41, 5.74) is 3.32. The molecule has 1 aromatic heterocycles. The van der Waals surface area contributed by atoms with E-state index in [1.807, 2.05) is 48.5 Å². The van der Waals surface area contributed by atoms with Gasteiger partial charge in [-0.25, -0.2) is 0 Å². The zero-order valence-corrected chi connectivity index (χ0v) is 16.1. The lowest BCUT2D eigenvalue weighted by atomic mass is 10.1. The Morgan fingerprint density at radius 3 is 2.75 bits per heavy atom. The van der Waals surface area contributed by atoms with Gasteiger partial charge in [0.1, 0.15) is 17.5 Å². The standard InChI is InChI=1S/C22H24N4O2/c1-3-26-15-17(28-21-12-8-7-11-20(21)26)14-25(2)22(27)19-13-18(23-24-19)16-9-5-4-6-10-16/h4-13,17H,3,14-15H2,1-2H3,(H,23,24)/t17-/m0/s1. The minimum atomic E-state index is -0.0970. The molecule has 144 valence electrons. The Morgan fingerprint density at radius 2 is 1.96 bits per heavy atom. The molecule has 2 aromatic carbocycles.